The number of nitrogens with zero attached hydrogens (tertiary/aromatic N) is 2. The van der Waals surface area contributed by atoms with E-state index in [0.717, 1.165) is 18.5 Å². The fraction of sp³-hybridized carbons (Fsp3) is 0.688. The average molecular weight is 307 g/mol. The van der Waals surface area contributed by atoms with E-state index in [2.05, 4.69) is 10.4 Å². The molecule has 0 unspecified atom stereocenters. The molecule has 1 aromatic heterocycles. The van der Waals surface area contributed by atoms with Crippen LogP contribution in [0.1, 0.15) is 68.0 Å². The lowest BCUT2D eigenvalue weighted by Crippen LogP contribution is -2.52. The second-order valence-corrected chi connectivity index (χ2v) is 6.16. The molecule has 1 aliphatic carbocycles. The summed E-state index contributed by atoms with van der Waals surface area (Å²) in [5.41, 5.74) is 0.358. The maximum absolute atomic E-state index is 12.5. The zero-order valence-corrected chi connectivity index (χ0v) is 13.8. The van der Waals surface area contributed by atoms with E-state index in [-0.39, 0.29) is 5.91 Å². The molecule has 0 aromatic carbocycles. The molecule has 1 fully saturated rings. The number of esters is 1. The summed E-state index contributed by atoms with van der Waals surface area (Å²) >= 11 is 0. The lowest BCUT2D eigenvalue weighted by molar-refractivity contribution is -0.147. The van der Waals surface area contributed by atoms with Gasteiger partial charge in [0.15, 0.2) is 0 Å². The third-order valence-corrected chi connectivity index (χ3v) is 4.69. The number of rotatable bonds is 5. The molecule has 0 aliphatic heterocycles. The Morgan fingerprint density at radius 2 is 2.09 bits per heavy atom. The Morgan fingerprint density at radius 1 is 1.45 bits per heavy atom. The van der Waals surface area contributed by atoms with E-state index in [9.17, 15) is 9.59 Å². The van der Waals surface area contributed by atoms with Gasteiger partial charge in [0, 0.05) is 5.69 Å². The van der Waals surface area contributed by atoms with Crippen molar-refractivity contribution in [2.45, 2.75) is 64.5 Å². The van der Waals surface area contributed by atoms with Crippen LogP contribution in [0.25, 0.3) is 0 Å². The van der Waals surface area contributed by atoms with E-state index in [1.807, 2.05) is 18.5 Å². The highest BCUT2D eigenvalue weighted by molar-refractivity contribution is 5.98. The monoisotopic (exact) mass is 307 g/mol. The van der Waals surface area contributed by atoms with Crippen molar-refractivity contribution in [3.05, 3.63) is 17.5 Å². The van der Waals surface area contributed by atoms with Crippen molar-refractivity contribution in [1.29, 1.82) is 0 Å². The molecule has 0 saturated heterocycles. The molecular formula is C16H25N3O3. The predicted molar refractivity (Wildman–Crippen MR) is 82.6 cm³/mol. The van der Waals surface area contributed by atoms with Crippen LogP contribution >= 0.6 is 0 Å². The first-order valence-electron chi connectivity index (χ1n) is 7.88. The normalized spacial score (nSPS) is 18.0. The van der Waals surface area contributed by atoms with Crippen LogP contribution in [0.4, 0.5) is 0 Å². The van der Waals surface area contributed by atoms with Gasteiger partial charge in [0.05, 0.1) is 24.9 Å². The summed E-state index contributed by atoms with van der Waals surface area (Å²) in [6.45, 7) is 5.42. The van der Waals surface area contributed by atoms with Gasteiger partial charge in [-0.3, -0.25) is 9.48 Å². The summed E-state index contributed by atoms with van der Waals surface area (Å²) in [6.07, 6.45) is 6.69. The molecule has 0 bridgehead atoms. The number of aromatic nitrogens is 2. The lowest BCUT2D eigenvalue weighted by atomic mass is 9.98. The topological polar surface area (TPSA) is 73.2 Å². The molecule has 1 N–H and O–H groups in total. The lowest BCUT2D eigenvalue weighted by Gasteiger charge is -2.26. The molecular weight excluding hydrogens is 282 g/mol. The Kier molecular flexibility index (Phi) is 4.88. The summed E-state index contributed by atoms with van der Waals surface area (Å²) in [7, 11) is 1.33. The first-order valence-corrected chi connectivity index (χ1v) is 7.88. The van der Waals surface area contributed by atoms with Gasteiger partial charge in [0.1, 0.15) is 5.54 Å². The van der Waals surface area contributed by atoms with E-state index in [4.69, 9.17) is 4.74 Å². The van der Waals surface area contributed by atoms with Gasteiger partial charge in [-0.2, -0.15) is 5.10 Å². The number of ether oxygens (including phenoxy) is 1. The van der Waals surface area contributed by atoms with E-state index in [0.29, 0.717) is 18.0 Å². The van der Waals surface area contributed by atoms with Crippen molar-refractivity contribution in [3.8, 4) is 0 Å². The zero-order chi connectivity index (χ0) is 16.3. The third-order valence-electron chi connectivity index (χ3n) is 4.69. The van der Waals surface area contributed by atoms with Gasteiger partial charge in [-0.1, -0.05) is 19.8 Å². The molecule has 1 saturated carbocycles. The molecule has 1 amide bonds. The van der Waals surface area contributed by atoms with Crippen molar-refractivity contribution >= 4 is 11.9 Å². The second-order valence-electron chi connectivity index (χ2n) is 6.16. The second kappa shape index (κ2) is 6.50. The summed E-state index contributed by atoms with van der Waals surface area (Å²) in [6, 6.07) is 0.389. The summed E-state index contributed by atoms with van der Waals surface area (Å²) in [4.78, 5) is 24.4. The number of carbonyl (C=O) groups is 2. The molecule has 6 nitrogen and oxygen atoms in total. The maximum Gasteiger partial charge on any atom is 0.331 e. The zero-order valence-electron chi connectivity index (χ0n) is 13.8. The van der Waals surface area contributed by atoms with E-state index in [1.54, 1.807) is 13.1 Å². The first-order chi connectivity index (χ1) is 10.4. The number of methoxy groups -OCH3 is 1. The highest BCUT2D eigenvalue weighted by atomic mass is 16.5. The highest BCUT2D eigenvalue weighted by Crippen LogP contribution is 2.30. The molecule has 1 aromatic rings. The van der Waals surface area contributed by atoms with Gasteiger partial charge in [0.2, 0.25) is 0 Å². The Morgan fingerprint density at radius 3 is 2.64 bits per heavy atom. The minimum atomic E-state index is -1.02. The van der Waals surface area contributed by atoms with Gasteiger partial charge in [0.25, 0.3) is 5.91 Å². The van der Waals surface area contributed by atoms with Crippen LogP contribution in [0.3, 0.4) is 0 Å². The van der Waals surface area contributed by atoms with Crippen molar-refractivity contribution < 1.29 is 14.3 Å². The molecule has 1 heterocycles. The fourth-order valence-corrected chi connectivity index (χ4v) is 2.99. The van der Waals surface area contributed by atoms with Crippen LogP contribution in [-0.4, -0.2) is 34.3 Å². The summed E-state index contributed by atoms with van der Waals surface area (Å²) < 4.78 is 6.73. The van der Waals surface area contributed by atoms with Gasteiger partial charge in [-0.05, 0) is 33.1 Å². The van der Waals surface area contributed by atoms with Gasteiger partial charge < -0.3 is 10.1 Å². The van der Waals surface area contributed by atoms with Crippen molar-refractivity contribution in [1.82, 2.24) is 15.1 Å². The van der Waals surface area contributed by atoms with Crippen LogP contribution in [0.15, 0.2) is 6.20 Å². The van der Waals surface area contributed by atoms with Crippen LogP contribution in [-0.2, 0) is 9.53 Å². The minimum Gasteiger partial charge on any atom is -0.467 e. The van der Waals surface area contributed by atoms with E-state index in [1.165, 1.54) is 20.0 Å². The molecule has 2 rings (SSSR count). The number of hydrogen-bond donors (Lipinski definition) is 1. The molecule has 22 heavy (non-hydrogen) atoms. The van der Waals surface area contributed by atoms with Gasteiger partial charge >= 0.3 is 5.97 Å². The highest BCUT2D eigenvalue weighted by Gasteiger charge is 2.35. The third kappa shape index (κ3) is 3.00. The molecule has 1 aliphatic rings. The quantitative estimate of drug-likeness (QED) is 0.848. The Bertz CT molecular complexity index is 561. The fourth-order valence-electron chi connectivity index (χ4n) is 2.99. The van der Waals surface area contributed by atoms with Crippen LogP contribution in [0, 0.1) is 6.92 Å². The predicted octanol–water partition coefficient (Wildman–Crippen LogP) is 2.38. The van der Waals surface area contributed by atoms with Crippen molar-refractivity contribution in [2.24, 2.45) is 0 Å². The minimum absolute atomic E-state index is 0.281. The first kappa shape index (κ1) is 16.5. The average Bonchev–Trinajstić information content (AvgIpc) is 3.15. The standard InChI is InChI=1S/C16H25N3O3/c1-5-16(3,15(21)22-4)18-14(20)13-10-17-19(11(13)2)12-8-6-7-9-12/h10,12H,5-9H2,1-4H3,(H,18,20)/t16-/m1/s1. The van der Waals surface area contributed by atoms with Gasteiger partial charge in [-0.25, -0.2) is 4.79 Å². The van der Waals surface area contributed by atoms with Crippen LogP contribution < -0.4 is 5.32 Å². The smallest absolute Gasteiger partial charge is 0.331 e. The summed E-state index contributed by atoms with van der Waals surface area (Å²) in [5.74, 6) is -0.722. The maximum atomic E-state index is 12.5. The molecule has 1 atom stereocenters. The molecule has 6 heteroatoms. The van der Waals surface area contributed by atoms with Crippen LogP contribution in [0.5, 0.6) is 0 Å². The van der Waals surface area contributed by atoms with Crippen LogP contribution in [0.2, 0.25) is 0 Å². The molecule has 122 valence electrons. The van der Waals surface area contributed by atoms with Gasteiger partial charge in [-0.15, -0.1) is 0 Å². The Labute approximate surface area is 131 Å². The molecule has 0 spiro atoms. The largest absolute Gasteiger partial charge is 0.467 e. The summed E-state index contributed by atoms with van der Waals surface area (Å²) in [5, 5.41) is 7.17. The molecule has 0 radical (unpaired) electrons. The van der Waals surface area contributed by atoms with E-state index < -0.39 is 11.5 Å². The Hall–Kier alpha value is -1.85. The number of amides is 1. The number of hydrogen-bond acceptors (Lipinski definition) is 4. The SMILES string of the molecule is CC[C@@](C)(NC(=O)c1cnn(C2CCCC2)c1C)C(=O)OC. The number of nitrogens with one attached hydrogen (secondary N) is 1. The number of carbonyl (C=O) groups excluding carboxylic acids is 2. The Balaban J connectivity index is 2.18. The van der Waals surface area contributed by atoms with Crippen molar-refractivity contribution in [2.75, 3.05) is 7.11 Å². The van der Waals surface area contributed by atoms with Crippen molar-refractivity contribution in [3.63, 3.8) is 0 Å². The van der Waals surface area contributed by atoms with E-state index >= 15 is 0 Å².